The molecule has 194 valence electrons. The molecular weight excluding hydrogens is 496 g/mol. The molecule has 2 atom stereocenters. The molecule has 1 fully saturated rings. The van der Waals surface area contributed by atoms with Gasteiger partial charge in [0, 0.05) is 34.6 Å². The molecule has 0 saturated heterocycles. The van der Waals surface area contributed by atoms with Crippen LogP contribution < -0.4 is 16.3 Å². The van der Waals surface area contributed by atoms with E-state index >= 15 is 0 Å². The minimum Gasteiger partial charge on any atom is -0.453 e. The fraction of sp³-hybridized carbons (Fsp3) is 0.333. The first-order valence-corrected chi connectivity index (χ1v) is 11.2. The van der Waals surface area contributed by atoms with Gasteiger partial charge in [0.1, 0.15) is 17.5 Å². The lowest BCUT2D eigenvalue weighted by Crippen LogP contribution is -2.33. The van der Waals surface area contributed by atoms with Gasteiger partial charge in [-0.25, -0.2) is 23.9 Å². The first-order valence-electron chi connectivity index (χ1n) is 12.7. The van der Waals surface area contributed by atoms with Gasteiger partial charge in [-0.15, -0.1) is 0 Å². The Labute approximate surface area is 211 Å². The minimum absolute atomic E-state index is 0.0289. The van der Waals surface area contributed by atoms with Gasteiger partial charge in [-0.1, -0.05) is 0 Å². The Morgan fingerprint density at radius 3 is 2.73 bits per heavy atom. The molecule has 1 saturated carbocycles. The lowest BCUT2D eigenvalue weighted by Gasteiger charge is -2.14. The van der Waals surface area contributed by atoms with Crippen molar-refractivity contribution < 1.29 is 31.2 Å². The van der Waals surface area contributed by atoms with Gasteiger partial charge in [-0.2, -0.15) is 13.2 Å². The maximum absolute atomic E-state index is 13.8. The number of methoxy groups -OCH3 is 1. The highest BCUT2D eigenvalue weighted by molar-refractivity contribution is 5.85. The van der Waals surface area contributed by atoms with Crippen LogP contribution >= 0.6 is 0 Å². The SMILES string of the molecule is [2H]C([2H])([2H])n1c(=O)n([C@@H]2CC[C@@H](NC(=O)OC)C2)c2cc(Nc3ccc4cc(F)cc(C(F)(F)F)c4n3)ncc21. The molecule has 9 nitrogen and oxygen atoms in total. The number of aromatic nitrogens is 4. The summed E-state index contributed by atoms with van der Waals surface area (Å²) in [5.74, 6) is -1.01. The first kappa shape index (κ1) is 21.0. The van der Waals surface area contributed by atoms with E-state index in [1.807, 2.05) is 0 Å². The Balaban J connectivity index is 1.56. The number of amides is 1. The molecule has 13 heteroatoms. The summed E-state index contributed by atoms with van der Waals surface area (Å²) in [7, 11) is 1.23. The van der Waals surface area contributed by atoms with Crippen molar-refractivity contribution in [1.82, 2.24) is 24.4 Å². The number of aryl methyl sites for hydroxylation is 1. The van der Waals surface area contributed by atoms with E-state index in [1.54, 1.807) is 0 Å². The first-order chi connectivity index (χ1) is 18.8. The van der Waals surface area contributed by atoms with Gasteiger partial charge in [-0.3, -0.25) is 9.13 Å². The van der Waals surface area contributed by atoms with Crippen LogP contribution in [0, 0.1) is 5.82 Å². The number of halogens is 4. The van der Waals surface area contributed by atoms with E-state index in [4.69, 9.17) is 4.11 Å². The van der Waals surface area contributed by atoms with Crippen LogP contribution in [0.5, 0.6) is 0 Å². The van der Waals surface area contributed by atoms with Gasteiger partial charge in [0.15, 0.2) is 0 Å². The molecule has 0 bridgehead atoms. The van der Waals surface area contributed by atoms with Gasteiger partial charge in [-0.05, 0) is 43.5 Å². The van der Waals surface area contributed by atoms with Crippen molar-refractivity contribution in [3.63, 3.8) is 0 Å². The van der Waals surface area contributed by atoms with E-state index in [0.29, 0.717) is 29.9 Å². The molecule has 1 aliphatic carbocycles. The van der Waals surface area contributed by atoms with Gasteiger partial charge >= 0.3 is 18.0 Å². The number of ether oxygens (including phenoxy) is 1. The van der Waals surface area contributed by atoms with Gasteiger partial charge in [0.25, 0.3) is 0 Å². The molecule has 0 radical (unpaired) electrons. The number of hydrogen-bond donors (Lipinski definition) is 2. The molecule has 37 heavy (non-hydrogen) atoms. The predicted molar refractivity (Wildman–Crippen MR) is 127 cm³/mol. The summed E-state index contributed by atoms with van der Waals surface area (Å²) in [6.07, 6.45) is -2.98. The second-order valence-electron chi connectivity index (χ2n) is 8.69. The number of nitrogens with zero attached hydrogens (tertiary/aromatic N) is 4. The number of alkyl carbamates (subject to hydrolysis) is 1. The number of carbonyl (C=O) groups excluding carboxylic acids is 1. The highest BCUT2D eigenvalue weighted by atomic mass is 19.4. The van der Waals surface area contributed by atoms with Gasteiger partial charge in [0.05, 0.1) is 35.4 Å². The van der Waals surface area contributed by atoms with Crippen LogP contribution in [0.25, 0.3) is 21.9 Å². The number of benzene rings is 1. The molecular formula is C24H22F4N6O3. The molecule has 2 N–H and O–H groups in total. The predicted octanol–water partition coefficient (Wildman–Crippen LogP) is 4.63. The lowest BCUT2D eigenvalue weighted by molar-refractivity contribution is -0.136. The molecule has 1 aliphatic rings. The van der Waals surface area contributed by atoms with Crippen molar-refractivity contribution in [1.29, 1.82) is 0 Å². The maximum Gasteiger partial charge on any atom is 0.418 e. The van der Waals surface area contributed by atoms with Gasteiger partial charge < -0.3 is 15.4 Å². The average molecular weight is 521 g/mol. The lowest BCUT2D eigenvalue weighted by atomic mass is 10.1. The summed E-state index contributed by atoms with van der Waals surface area (Å²) in [5.41, 5.74) is -2.25. The molecule has 3 heterocycles. The molecule has 4 aromatic rings. The number of anilines is 2. The van der Waals surface area contributed by atoms with Crippen LogP contribution in [0.4, 0.5) is 34.0 Å². The Kier molecular flexibility index (Phi) is 5.13. The largest absolute Gasteiger partial charge is 0.453 e. The average Bonchev–Trinajstić information content (AvgIpc) is 3.43. The van der Waals surface area contributed by atoms with E-state index in [0.717, 1.165) is 6.07 Å². The highest BCUT2D eigenvalue weighted by Crippen LogP contribution is 2.36. The van der Waals surface area contributed by atoms with Crippen molar-refractivity contribution in [3.05, 3.63) is 58.4 Å². The van der Waals surface area contributed by atoms with Crippen molar-refractivity contribution in [2.24, 2.45) is 6.98 Å². The normalized spacial score (nSPS) is 19.4. The Hall–Kier alpha value is -4.16. The Morgan fingerprint density at radius 1 is 1.19 bits per heavy atom. The van der Waals surface area contributed by atoms with Crippen LogP contribution in [0.3, 0.4) is 0 Å². The molecule has 0 unspecified atom stereocenters. The van der Waals surface area contributed by atoms with E-state index in [2.05, 4.69) is 25.3 Å². The standard InChI is InChI=1S/C24H22F4N6O3/c1-33-18-11-29-20(10-17(18)34(23(33)36)15-5-4-14(9-15)30-22(35)37-2)31-19-6-3-12-7-13(25)8-16(21(12)32-19)24(26,27)28/h3,6-8,10-11,14-15H,4-5,9H2,1-2H3,(H,30,35)(H,29,31,32)/t14-,15-/m1/s1/i1D3. The zero-order valence-electron chi connectivity index (χ0n) is 22.3. The number of nitrogens with one attached hydrogen (secondary N) is 2. The zero-order valence-corrected chi connectivity index (χ0v) is 19.3. The van der Waals surface area contributed by atoms with Crippen molar-refractivity contribution in [3.8, 4) is 0 Å². The fourth-order valence-corrected chi connectivity index (χ4v) is 4.70. The number of carbonyl (C=O) groups is 1. The third kappa shape index (κ3) is 4.56. The second-order valence-corrected chi connectivity index (χ2v) is 8.69. The third-order valence-corrected chi connectivity index (χ3v) is 6.36. The maximum atomic E-state index is 13.8. The van der Waals surface area contributed by atoms with Crippen LogP contribution in [0.15, 0.2) is 41.3 Å². The number of rotatable bonds is 4. The van der Waals surface area contributed by atoms with Gasteiger partial charge in [0.2, 0.25) is 0 Å². The van der Waals surface area contributed by atoms with Crippen LogP contribution in [0.1, 0.15) is 35.0 Å². The van der Waals surface area contributed by atoms with Crippen molar-refractivity contribution in [2.45, 2.75) is 37.5 Å². The molecule has 0 aliphatic heterocycles. The Bertz CT molecular complexity index is 1690. The highest BCUT2D eigenvalue weighted by Gasteiger charge is 2.34. The molecule has 3 aromatic heterocycles. The number of fused-ring (bicyclic) bond motifs is 2. The van der Waals surface area contributed by atoms with Crippen LogP contribution in [-0.4, -0.2) is 38.3 Å². The minimum atomic E-state index is -4.85. The number of imidazole rings is 1. The van der Waals surface area contributed by atoms with E-state index in [-0.39, 0.29) is 34.1 Å². The summed E-state index contributed by atoms with van der Waals surface area (Å²) in [6.45, 7) is -2.82. The van der Waals surface area contributed by atoms with E-state index in [1.165, 1.54) is 36.1 Å². The number of hydrogen-bond acceptors (Lipinski definition) is 6. The smallest absolute Gasteiger partial charge is 0.418 e. The van der Waals surface area contributed by atoms with E-state index in [9.17, 15) is 27.2 Å². The Morgan fingerprint density at radius 2 is 2.00 bits per heavy atom. The van der Waals surface area contributed by atoms with Crippen LogP contribution in [0.2, 0.25) is 0 Å². The van der Waals surface area contributed by atoms with Crippen LogP contribution in [-0.2, 0) is 17.9 Å². The summed E-state index contributed by atoms with van der Waals surface area (Å²) < 4.78 is 84.6. The summed E-state index contributed by atoms with van der Waals surface area (Å²) in [5, 5.41) is 5.41. The monoisotopic (exact) mass is 521 g/mol. The number of alkyl halides is 3. The quantitative estimate of drug-likeness (QED) is 0.380. The zero-order chi connectivity index (χ0) is 29.0. The molecule has 1 amide bonds. The molecule has 5 rings (SSSR count). The summed E-state index contributed by atoms with van der Waals surface area (Å²) in [6, 6.07) is 4.56. The summed E-state index contributed by atoms with van der Waals surface area (Å²) in [4.78, 5) is 33.1. The number of pyridine rings is 2. The van der Waals surface area contributed by atoms with Crippen molar-refractivity contribution in [2.75, 3.05) is 12.4 Å². The summed E-state index contributed by atoms with van der Waals surface area (Å²) >= 11 is 0. The van der Waals surface area contributed by atoms with E-state index < -0.39 is 47.9 Å². The fourth-order valence-electron chi connectivity index (χ4n) is 4.70. The molecule has 0 spiro atoms. The second kappa shape index (κ2) is 9.05. The topological polar surface area (TPSA) is 103 Å². The van der Waals surface area contributed by atoms with Crippen molar-refractivity contribution >= 4 is 39.7 Å². The molecule has 1 aromatic carbocycles. The third-order valence-electron chi connectivity index (χ3n) is 6.36.